The van der Waals surface area contributed by atoms with Crippen LogP contribution in [-0.2, 0) is 31.1 Å². The Bertz CT molecular complexity index is 905. The van der Waals surface area contributed by atoms with Gasteiger partial charge in [0.05, 0.1) is 33.2 Å². The predicted molar refractivity (Wildman–Crippen MR) is 99.5 cm³/mol. The molecule has 1 aliphatic carbocycles. The van der Waals surface area contributed by atoms with Gasteiger partial charge in [0.15, 0.2) is 0 Å². The summed E-state index contributed by atoms with van der Waals surface area (Å²) in [6.45, 7) is 1.64. The monoisotopic (exact) mass is 372 g/mol. The molecule has 2 aromatic rings. The summed E-state index contributed by atoms with van der Waals surface area (Å²) in [6, 6.07) is 9.39. The highest BCUT2D eigenvalue weighted by Gasteiger charge is 2.58. The molecule has 2 aromatic carbocycles. The summed E-state index contributed by atoms with van der Waals surface area (Å²) in [5.74, 6) is -0.440. The Morgan fingerprint density at radius 1 is 1.11 bits per heavy atom. The molecule has 0 aromatic heterocycles. The summed E-state index contributed by atoms with van der Waals surface area (Å²) >= 11 is 0. The van der Waals surface area contributed by atoms with Crippen molar-refractivity contribution in [2.45, 2.75) is 31.8 Å². The van der Waals surface area contributed by atoms with Gasteiger partial charge >= 0.3 is 11.9 Å². The Kier molecular flexibility index (Phi) is 4.86. The Hall–Kier alpha value is -2.60. The molecule has 2 atom stereocenters. The third-order valence-corrected chi connectivity index (χ3v) is 5.84. The van der Waals surface area contributed by atoms with Crippen molar-refractivity contribution < 1.29 is 28.9 Å². The van der Waals surface area contributed by atoms with E-state index in [4.69, 9.17) is 14.2 Å². The summed E-state index contributed by atoms with van der Waals surface area (Å²) in [4.78, 5) is 24.7. The van der Waals surface area contributed by atoms with Crippen LogP contribution in [0.5, 0.6) is 5.75 Å². The van der Waals surface area contributed by atoms with Gasteiger partial charge in [-0.25, -0.2) is 0 Å². The largest absolute Gasteiger partial charge is 0.497 e. The number of hydrogen-bond acceptors (Lipinski definition) is 6. The predicted octanol–water partition coefficient (Wildman–Crippen LogP) is 2.72. The molecule has 6 nitrogen and oxygen atoms in total. The fourth-order valence-electron chi connectivity index (χ4n) is 4.09. The number of aliphatic hydroxyl groups is 1. The summed E-state index contributed by atoms with van der Waals surface area (Å²) in [7, 11) is 4.14. The highest BCUT2D eigenvalue weighted by molar-refractivity contribution is 5.90. The maximum Gasteiger partial charge on any atom is 0.314 e. The van der Waals surface area contributed by atoms with Gasteiger partial charge in [-0.2, -0.15) is 0 Å². The van der Waals surface area contributed by atoms with Crippen molar-refractivity contribution in [1.29, 1.82) is 0 Å². The van der Waals surface area contributed by atoms with E-state index in [1.165, 1.54) is 14.2 Å². The Morgan fingerprint density at radius 3 is 2.44 bits per heavy atom. The number of rotatable bonds is 4. The minimum Gasteiger partial charge on any atom is -0.497 e. The Balaban J connectivity index is 2.27. The van der Waals surface area contributed by atoms with Crippen LogP contribution in [0.3, 0.4) is 0 Å². The number of carbonyl (C=O) groups excluding carboxylic acids is 2. The van der Waals surface area contributed by atoms with E-state index in [1.54, 1.807) is 20.1 Å². The molecule has 0 bridgehead atoms. The third kappa shape index (κ3) is 2.84. The molecule has 0 fully saturated rings. The van der Waals surface area contributed by atoms with Gasteiger partial charge < -0.3 is 19.3 Å². The lowest BCUT2D eigenvalue weighted by Gasteiger charge is -2.47. The van der Waals surface area contributed by atoms with Crippen LogP contribution in [0.15, 0.2) is 30.3 Å². The number of esters is 2. The van der Waals surface area contributed by atoms with E-state index >= 15 is 0 Å². The van der Waals surface area contributed by atoms with Crippen LogP contribution >= 0.6 is 0 Å². The number of methoxy groups -OCH3 is 3. The van der Waals surface area contributed by atoms with Crippen LogP contribution in [0, 0.1) is 5.41 Å². The molecule has 1 aliphatic rings. The first kappa shape index (κ1) is 19.2. The number of ether oxygens (including phenoxy) is 3. The lowest BCUT2D eigenvalue weighted by atomic mass is 9.60. The molecule has 0 saturated heterocycles. The second-order valence-corrected chi connectivity index (χ2v) is 7.12. The SMILES string of the molecule is COC(=O)C[C@]1(O)c2ccc3ccc(OC)cc3c2CC[C@@]1(C)C(=O)OC. The number of hydrogen-bond donors (Lipinski definition) is 1. The second kappa shape index (κ2) is 6.85. The zero-order valence-electron chi connectivity index (χ0n) is 16.0. The molecule has 3 rings (SSSR count). The van der Waals surface area contributed by atoms with Crippen LogP contribution in [-0.4, -0.2) is 38.4 Å². The van der Waals surface area contributed by atoms with Crippen molar-refractivity contribution in [2.75, 3.05) is 21.3 Å². The highest BCUT2D eigenvalue weighted by atomic mass is 16.5. The van der Waals surface area contributed by atoms with E-state index in [0.29, 0.717) is 24.2 Å². The minimum absolute atomic E-state index is 0.336. The lowest BCUT2D eigenvalue weighted by molar-refractivity contribution is -0.181. The Labute approximate surface area is 158 Å². The summed E-state index contributed by atoms with van der Waals surface area (Å²) in [5.41, 5.74) is -1.56. The van der Waals surface area contributed by atoms with E-state index in [9.17, 15) is 14.7 Å². The van der Waals surface area contributed by atoms with E-state index in [0.717, 1.165) is 16.3 Å². The molecular weight excluding hydrogens is 348 g/mol. The molecule has 144 valence electrons. The maximum atomic E-state index is 12.6. The molecule has 0 heterocycles. The van der Waals surface area contributed by atoms with Crippen molar-refractivity contribution in [3.05, 3.63) is 41.5 Å². The van der Waals surface area contributed by atoms with Gasteiger partial charge in [0, 0.05) is 0 Å². The first-order valence-electron chi connectivity index (χ1n) is 8.78. The molecule has 0 amide bonds. The first-order chi connectivity index (χ1) is 12.8. The van der Waals surface area contributed by atoms with Crippen molar-refractivity contribution in [1.82, 2.24) is 0 Å². The van der Waals surface area contributed by atoms with E-state index in [1.807, 2.05) is 24.3 Å². The van der Waals surface area contributed by atoms with Gasteiger partial charge in [-0.3, -0.25) is 9.59 Å². The van der Waals surface area contributed by atoms with Crippen molar-refractivity contribution in [3.8, 4) is 5.75 Å². The Morgan fingerprint density at radius 2 is 1.81 bits per heavy atom. The van der Waals surface area contributed by atoms with Gasteiger partial charge in [-0.1, -0.05) is 18.2 Å². The molecule has 27 heavy (non-hydrogen) atoms. The minimum atomic E-state index is -1.74. The quantitative estimate of drug-likeness (QED) is 0.831. The summed E-state index contributed by atoms with van der Waals surface area (Å²) in [6.07, 6.45) is 0.572. The average Bonchev–Trinajstić information content (AvgIpc) is 2.69. The fourth-order valence-corrected chi connectivity index (χ4v) is 4.09. The fraction of sp³-hybridized carbons (Fsp3) is 0.429. The summed E-state index contributed by atoms with van der Waals surface area (Å²) < 4.78 is 15.1. The average molecular weight is 372 g/mol. The molecule has 0 spiro atoms. The van der Waals surface area contributed by atoms with Gasteiger partial charge in [0.1, 0.15) is 11.4 Å². The van der Waals surface area contributed by atoms with Gasteiger partial charge in [-0.15, -0.1) is 0 Å². The van der Waals surface area contributed by atoms with Crippen LogP contribution in [0.1, 0.15) is 30.9 Å². The van der Waals surface area contributed by atoms with Crippen molar-refractivity contribution in [3.63, 3.8) is 0 Å². The molecular formula is C21H24O6. The number of aryl methyl sites for hydroxylation is 1. The first-order valence-corrected chi connectivity index (χ1v) is 8.78. The number of fused-ring (bicyclic) bond motifs is 3. The topological polar surface area (TPSA) is 82.1 Å². The van der Waals surface area contributed by atoms with Gasteiger partial charge in [-0.05, 0) is 53.8 Å². The second-order valence-electron chi connectivity index (χ2n) is 7.12. The maximum absolute atomic E-state index is 12.6. The van der Waals surface area contributed by atoms with Crippen LogP contribution in [0.4, 0.5) is 0 Å². The smallest absolute Gasteiger partial charge is 0.314 e. The van der Waals surface area contributed by atoms with Gasteiger partial charge in [0.2, 0.25) is 0 Å². The van der Waals surface area contributed by atoms with Crippen LogP contribution < -0.4 is 4.74 Å². The normalized spacial score (nSPS) is 24.2. The molecule has 0 saturated carbocycles. The molecule has 0 unspecified atom stereocenters. The zero-order chi connectivity index (χ0) is 19.8. The standard InChI is InChI=1S/C21H24O6/c1-20(19(23)27-4)10-9-15-16-11-14(25-2)7-5-13(16)6-8-17(15)21(20,24)12-18(22)26-3/h5-8,11,24H,9-10,12H2,1-4H3/t20-,21-/m0/s1. The zero-order valence-corrected chi connectivity index (χ0v) is 16.0. The number of benzene rings is 2. The molecule has 0 aliphatic heterocycles. The lowest BCUT2D eigenvalue weighted by Crippen LogP contribution is -2.53. The van der Waals surface area contributed by atoms with Crippen LogP contribution in [0.2, 0.25) is 0 Å². The van der Waals surface area contributed by atoms with E-state index in [-0.39, 0.29) is 6.42 Å². The van der Waals surface area contributed by atoms with Crippen LogP contribution in [0.25, 0.3) is 10.8 Å². The van der Waals surface area contributed by atoms with E-state index in [2.05, 4.69) is 0 Å². The molecule has 0 radical (unpaired) electrons. The van der Waals surface area contributed by atoms with Crippen molar-refractivity contribution in [2.24, 2.45) is 5.41 Å². The molecule has 6 heteroatoms. The summed E-state index contributed by atoms with van der Waals surface area (Å²) in [5, 5.41) is 13.6. The van der Waals surface area contributed by atoms with E-state index < -0.39 is 23.0 Å². The van der Waals surface area contributed by atoms with Gasteiger partial charge in [0.25, 0.3) is 0 Å². The highest BCUT2D eigenvalue weighted by Crippen LogP contribution is 2.52. The van der Waals surface area contributed by atoms with Crippen molar-refractivity contribution >= 4 is 22.7 Å². The molecule has 1 N–H and O–H groups in total. The third-order valence-electron chi connectivity index (χ3n) is 5.84. The number of carbonyl (C=O) groups is 2.